The van der Waals surface area contributed by atoms with Crippen LogP contribution in [0.2, 0.25) is 0 Å². The van der Waals surface area contributed by atoms with E-state index < -0.39 is 12.6 Å². The molecule has 0 saturated heterocycles. The molecule has 3 nitrogen and oxygen atoms in total. The van der Waals surface area contributed by atoms with Crippen LogP contribution in [0.4, 0.5) is 0 Å². The van der Waals surface area contributed by atoms with E-state index >= 15 is 0 Å². The Hall–Kier alpha value is -1.26. The molecule has 0 aromatic carbocycles. The van der Waals surface area contributed by atoms with Crippen LogP contribution in [-0.2, 0) is 27.0 Å². The van der Waals surface area contributed by atoms with Crippen LogP contribution < -0.4 is 0 Å². The Labute approximate surface area is 85.2 Å². The molecule has 0 aromatic heterocycles. The van der Waals surface area contributed by atoms with Crippen molar-refractivity contribution in [2.75, 3.05) is 0 Å². The van der Waals surface area contributed by atoms with Gasteiger partial charge in [-0.05, 0) is 20.3 Å². The van der Waals surface area contributed by atoms with Gasteiger partial charge in [0.25, 0.3) is 0 Å². The van der Waals surface area contributed by atoms with Crippen LogP contribution in [0.5, 0.6) is 0 Å². The summed E-state index contributed by atoms with van der Waals surface area (Å²) >= 11 is -2.30. The van der Waals surface area contributed by atoms with Crippen LogP contribution in [-0.4, -0.2) is 14.4 Å². The monoisotopic (exact) mass is 233 g/mol. The number of hydrogen-bond donors (Lipinski definition) is 0. The van der Waals surface area contributed by atoms with E-state index in [2.05, 4.69) is 26.0 Å². The van der Waals surface area contributed by atoms with E-state index in [-0.39, 0.29) is 0 Å². The van der Waals surface area contributed by atoms with Gasteiger partial charge in [-0.25, -0.2) is 0 Å². The van der Waals surface area contributed by atoms with Crippen LogP contribution in [0.1, 0.15) is 20.3 Å². The van der Waals surface area contributed by atoms with E-state index in [9.17, 15) is 14.4 Å². The molecule has 0 radical (unpaired) electrons. The molecule has 0 unspecified atom stereocenters. The summed E-state index contributed by atoms with van der Waals surface area (Å²) in [7, 11) is 0. The van der Waals surface area contributed by atoms with Crippen LogP contribution in [0, 0.1) is 0 Å². The molecule has 75 valence electrons. The molecule has 4 heteroatoms. The molecule has 0 saturated carbocycles. The van der Waals surface area contributed by atoms with Crippen molar-refractivity contribution in [2.45, 2.75) is 20.3 Å². The predicted octanol–water partition coefficient (Wildman–Crippen LogP) is 1.09. The Balaban J connectivity index is 0.000000241. The average Bonchev–Trinajstić information content (AvgIpc) is 2.55. The first kappa shape index (κ1) is 12.7. The van der Waals surface area contributed by atoms with Crippen LogP contribution in [0.25, 0.3) is 0 Å². The quantitative estimate of drug-likeness (QED) is 0.588. The number of carbonyl (C=O) groups excluding carboxylic acids is 3. The van der Waals surface area contributed by atoms with Crippen molar-refractivity contribution in [1.82, 2.24) is 0 Å². The number of hydrogen-bond acceptors (Lipinski definition) is 3. The fourth-order valence-corrected chi connectivity index (χ4v) is 0.911. The molecule has 0 amide bonds. The molecule has 0 spiro atoms. The summed E-state index contributed by atoms with van der Waals surface area (Å²) in [5, 5.41) is 0. The second-order valence-corrected chi connectivity index (χ2v) is 4.19. The second-order valence-electron chi connectivity index (χ2n) is 2.58. The van der Waals surface area contributed by atoms with Gasteiger partial charge in [0.05, 0.1) is 0 Å². The van der Waals surface area contributed by atoms with Crippen molar-refractivity contribution in [1.29, 1.82) is 0 Å². The molecule has 0 aromatic rings. The minimum absolute atomic E-state index is 1.17. The molecule has 1 rings (SSSR count). The summed E-state index contributed by atoms with van der Waals surface area (Å²) in [6.07, 6.45) is 5.55. The summed E-state index contributed by atoms with van der Waals surface area (Å²) in [5.74, 6) is 0. The van der Waals surface area contributed by atoms with E-state index in [1.807, 2.05) is 0 Å². The normalized spacial score (nSPS) is 12.1. The van der Waals surface area contributed by atoms with Crippen molar-refractivity contribution in [2.24, 2.45) is 0 Å². The zero-order chi connectivity index (χ0) is 11.0. The summed E-state index contributed by atoms with van der Waals surface area (Å²) in [5.41, 5.74) is 2.96. The predicted molar refractivity (Wildman–Crippen MR) is 49.2 cm³/mol. The van der Waals surface area contributed by atoms with Crippen molar-refractivity contribution < 1.29 is 27.0 Å². The zero-order valence-corrected chi connectivity index (χ0v) is 9.14. The maximum atomic E-state index is 9.36. The first-order valence-corrected chi connectivity index (χ1v) is 5.58. The summed E-state index contributed by atoms with van der Waals surface area (Å²) < 4.78 is 0. The van der Waals surface area contributed by atoms with Crippen molar-refractivity contribution in [3.63, 3.8) is 0 Å². The van der Waals surface area contributed by atoms with E-state index in [1.54, 1.807) is 0 Å². The summed E-state index contributed by atoms with van der Waals surface area (Å²) in [6, 6.07) is 0. The van der Waals surface area contributed by atoms with Crippen molar-refractivity contribution in [3.8, 4) is 0 Å². The van der Waals surface area contributed by atoms with Crippen LogP contribution in [0.3, 0.4) is 0 Å². The van der Waals surface area contributed by atoms with Gasteiger partial charge in [-0.3, -0.25) is 0 Å². The van der Waals surface area contributed by atoms with E-state index in [0.717, 1.165) is 0 Å². The first-order chi connectivity index (χ1) is 6.65. The van der Waals surface area contributed by atoms with Crippen molar-refractivity contribution in [3.05, 3.63) is 23.3 Å². The Morgan fingerprint density at radius 2 is 1.64 bits per heavy atom. The Kier molecular flexibility index (Phi) is 6.53. The molecule has 0 heterocycles. The minimum atomic E-state index is -2.30. The summed E-state index contributed by atoms with van der Waals surface area (Å²) in [4.78, 5) is 31.7. The van der Waals surface area contributed by atoms with E-state index in [4.69, 9.17) is 0 Å². The van der Waals surface area contributed by atoms with Crippen LogP contribution >= 0.6 is 0 Å². The third kappa shape index (κ3) is 4.69. The Bertz CT molecular complexity index is 430. The fourth-order valence-electron chi connectivity index (χ4n) is 0.763. The van der Waals surface area contributed by atoms with Gasteiger partial charge in [-0.15, -0.1) is 0 Å². The van der Waals surface area contributed by atoms with Gasteiger partial charge >= 0.3 is 41.3 Å². The molecule has 14 heavy (non-hydrogen) atoms. The van der Waals surface area contributed by atoms with Gasteiger partial charge in [-0.1, -0.05) is 23.3 Å². The van der Waals surface area contributed by atoms with Gasteiger partial charge < -0.3 is 0 Å². The molecular weight excluding hydrogens is 223 g/mol. The summed E-state index contributed by atoms with van der Waals surface area (Å²) in [6.45, 7) is 4.33. The molecule has 1 aliphatic carbocycles. The van der Waals surface area contributed by atoms with Gasteiger partial charge in [-0.2, -0.15) is 0 Å². The third-order valence-corrected chi connectivity index (χ3v) is 2.42. The van der Waals surface area contributed by atoms with Gasteiger partial charge in [0.15, 0.2) is 0 Å². The molecular formula is C10H10MnO3. The SMILES string of the molecule is CC1=C(C)CC=C1.O=[C]=[Mn](=[C]=O)=[C]=O. The zero-order valence-electron chi connectivity index (χ0n) is 7.96. The van der Waals surface area contributed by atoms with Crippen LogP contribution in [0.15, 0.2) is 23.3 Å². The molecule has 0 N–H and O–H groups in total. The van der Waals surface area contributed by atoms with Gasteiger partial charge in [0, 0.05) is 0 Å². The average molecular weight is 233 g/mol. The fraction of sp³-hybridized carbons (Fsp3) is 0.300. The van der Waals surface area contributed by atoms with Crippen molar-refractivity contribution >= 4 is 14.4 Å². The third-order valence-electron chi connectivity index (χ3n) is 1.70. The van der Waals surface area contributed by atoms with Gasteiger partial charge in [0.1, 0.15) is 0 Å². The Morgan fingerprint density at radius 1 is 1.14 bits per heavy atom. The molecule has 0 fully saturated rings. The standard InChI is InChI=1S/C7H10.3CO.Mn/c1-6-4-3-5-7(6)2;3*1-2;/h3-4H,5H2,1-2H3;;;;. The number of rotatable bonds is 0. The Morgan fingerprint density at radius 3 is 1.71 bits per heavy atom. The maximum absolute atomic E-state index is 9.36. The molecule has 1 aliphatic rings. The molecule has 0 aliphatic heterocycles. The van der Waals surface area contributed by atoms with E-state index in [1.165, 1.54) is 31.9 Å². The molecule has 0 bridgehead atoms. The number of allylic oxidation sites excluding steroid dienone is 4. The van der Waals surface area contributed by atoms with E-state index in [0.29, 0.717) is 0 Å². The first-order valence-electron chi connectivity index (χ1n) is 3.81. The second kappa shape index (κ2) is 7.17. The topological polar surface area (TPSA) is 51.2 Å². The molecule has 0 atom stereocenters. The van der Waals surface area contributed by atoms with Gasteiger partial charge in [0.2, 0.25) is 0 Å².